The lowest BCUT2D eigenvalue weighted by Gasteiger charge is -2.20. The lowest BCUT2D eigenvalue weighted by Crippen LogP contribution is -2.22. The summed E-state index contributed by atoms with van der Waals surface area (Å²) in [7, 11) is 0.295. The molecule has 26 heavy (non-hydrogen) atoms. The van der Waals surface area contributed by atoms with Gasteiger partial charge in [0.2, 0.25) is 0 Å². The van der Waals surface area contributed by atoms with Crippen LogP contribution >= 0.6 is 0 Å². The number of hydrogen-bond donors (Lipinski definition) is 2. The molecule has 2 aromatic rings. The molecule has 1 amide bonds. The molecule has 0 saturated carbocycles. The number of carbonyl (C=O) groups excluding carboxylic acids is 1. The number of anilines is 3. The zero-order valence-electron chi connectivity index (χ0n) is 15.4. The number of sulfone groups is 1. The monoisotopic (exact) mass is 377 g/mol. The molecule has 1 aromatic carbocycles. The number of nitrogens with zero attached hydrogens (tertiary/aromatic N) is 3. The summed E-state index contributed by atoms with van der Waals surface area (Å²) < 4.78 is 23.5. The highest BCUT2D eigenvalue weighted by molar-refractivity contribution is 7.90. The molecule has 0 aliphatic rings. The van der Waals surface area contributed by atoms with E-state index in [1.165, 1.54) is 12.1 Å². The van der Waals surface area contributed by atoms with Crippen LogP contribution in [0.1, 0.15) is 35.9 Å². The Morgan fingerprint density at radius 2 is 1.88 bits per heavy atom. The van der Waals surface area contributed by atoms with Gasteiger partial charge in [-0.25, -0.2) is 18.4 Å². The molecule has 1 heterocycles. The second-order valence-corrected chi connectivity index (χ2v) is 8.48. The van der Waals surface area contributed by atoms with E-state index in [1.807, 2.05) is 27.9 Å². The highest BCUT2D eigenvalue weighted by Gasteiger charge is 2.21. The minimum absolute atomic E-state index is 0.00376. The Balaban J connectivity index is 2.58. The van der Waals surface area contributed by atoms with Crippen molar-refractivity contribution in [3.8, 4) is 0 Å². The molecule has 0 bridgehead atoms. The van der Waals surface area contributed by atoms with Crippen molar-refractivity contribution in [2.75, 3.05) is 30.6 Å². The van der Waals surface area contributed by atoms with E-state index in [1.54, 1.807) is 17.0 Å². The van der Waals surface area contributed by atoms with Gasteiger partial charge in [-0.15, -0.1) is 0 Å². The van der Waals surface area contributed by atoms with Crippen molar-refractivity contribution in [2.24, 2.45) is 5.73 Å². The first kappa shape index (κ1) is 19.6. The fourth-order valence-electron chi connectivity index (χ4n) is 2.36. The van der Waals surface area contributed by atoms with Crippen LogP contribution in [0.3, 0.4) is 0 Å². The van der Waals surface area contributed by atoms with E-state index in [4.69, 9.17) is 5.73 Å². The summed E-state index contributed by atoms with van der Waals surface area (Å²) in [5, 5.41) is 2.96. The van der Waals surface area contributed by atoms with Crippen LogP contribution in [0, 0.1) is 0 Å². The van der Waals surface area contributed by atoms with Gasteiger partial charge in [-0.2, -0.15) is 0 Å². The number of aromatic nitrogens is 2. The van der Waals surface area contributed by atoms with E-state index < -0.39 is 15.7 Å². The Hall–Kier alpha value is -2.68. The first-order chi connectivity index (χ1) is 12.0. The van der Waals surface area contributed by atoms with Crippen molar-refractivity contribution in [2.45, 2.75) is 24.7 Å². The minimum atomic E-state index is -3.36. The van der Waals surface area contributed by atoms with Crippen LogP contribution in [0.2, 0.25) is 0 Å². The lowest BCUT2D eigenvalue weighted by molar-refractivity contribution is 0.0996. The first-order valence-electron chi connectivity index (χ1n) is 7.97. The van der Waals surface area contributed by atoms with Crippen LogP contribution < -0.4 is 16.0 Å². The van der Waals surface area contributed by atoms with Gasteiger partial charge in [0.25, 0.3) is 5.91 Å². The van der Waals surface area contributed by atoms with Crippen LogP contribution in [-0.4, -0.2) is 44.6 Å². The number of amides is 1. The first-order valence-corrected chi connectivity index (χ1v) is 9.86. The van der Waals surface area contributed by atoms with Gasteiger partial charge in [-0.3, -0.25) is 4.79 Å². The summed E-state index contributed by atoms with van der Waals surface area (Å²) in [6.07, 6.45) is 1.13. The van der Waals surface area contributed by atoms with E-state index in [0.29, 0.717) is 17.2 Å². The molecule has 0 unspecified atom stereocenters. The van der Waals surface area contributed by atoms with E-state index in [0.717, 1.165) is 6.26 Å². The molecule has 0 atom stereocenters. The Bertz CT molecular complexity index is 939. The molecule has 0 aliphatic heterocycles. The second kappa shape index (κ2) is 7.28. The van der Waals surface area contributed by atoms with Crippen molar-refractivity contribution in [1.29, 1.82) is 0 Å². The predicted molar refractivity (Wildman–Crippen MR) is 102 cm³/mol. The quantitative estimate of drug-likeness (QED) is 0.789. The van der Waals surface area contributed by atoms with Gasteiger partial charge in [-0.1, -0.05) is 19.9 Å². The highest BCUT2D eigenvalue weighted by Crippen LogP contribution is 2.28. The number of carbonyl (C=O) groups is 1. The van der Waals surface area contributed by atoms with Crippen LogP contribution in [0.5, 0.6) is 0 Å². The SMILES string of the molecule is CC(C)c1nc(C(N)=O)c(Nc2cccc(S(C)(=O)=O)c2)nc1N(C)C. The smallest absolute Gasteiger partial charge is 0.271 e. The van der Waals surface area contributed by atoms with E-state index >= 15 is 0 Å². The summed E-state index contributed by atoms with van der Waals surface area (Å²) in [5.74, 6) is 0.107. The molecular weight excluding hydrogens is 354 g/mol. The zero-order valence-corrected chi connectivity index (χ0v) is 16.3. The Labute approximate surface area is 153 Å². The normalized spacial score (nSPS) is 11.5. The maximum absolute atomic E-state index is 11.9. The van der Waals surface area contributed by atoms with E-state index in [9.17, 15) is 13.2 Å². The molecule has 0 saturated heterocycles. The molecular formula is C17H23N5O3S. The fraction of sp³-hybridized carbons (Fsp3) is 0.353. The maximum Gasteiger partial charge on any atom is 0.271 e. The van der Waals surface area contributed by atoms with Gasteiger partial charge in [0, 0.05) is 26.0 Å². The van der Waals surface area contributed by atoms with Gasteiger partial charge in [0.1, 0.15) is 0 Å². The maximum atomic E-state index is 11.9. The zero-order chi connectivity index (χ0) is 19.6. The molecule has 0 fully saturated rings. The average molecular weight is 377 g/mol. The summed E-state index contributed by atoms with van der Waals surface area (Å²) >= 11 is 0. The van der Waals surface area contributed by atoms with Crippen molar-refractivity contribution >= 4 is 33.1 Å². The molecule has 2 rings (SSSR count). The third-order valence-corrected chi connectivity index (χ3v) is 4.74. The average Bonchev–Trinajstić information content (AvgIpc) is 2.53. The lowest BCUT2D eigenvalue weighted by atomic mass is 10.1. The number of hydrogen-bond acceptors (Lipinski definition) is 7. The van der Waals surface area contributed by atoms with Crippen molar-refractivity contribution < 1.29 is 13.2 Å². The summed E-state index contributed by atoms with van der Waals surface area (Å²) in [5.41, 5.74) is 6.59. The predicted octanol–water partition coefficient (Wildman–Crippen LogP) is 1.91. The summed E-state index contributed by atoms with van der Waals surface area (Å²) in [6.45, 7) is 3.90. The largest absolute Gasteiger partial charge is 0.364 e. The van der Waals surface area contributed by atoms with Gasteiger partial charge in [0.05, 0.1) is 10.6 Å². The topological polar surface area (TPSA) is 118 Å². The van der Waals surface area contributed by atoms with Crippen molar-refractivity contribution in [3.05, 3.63) is 35.7 Å². The van der Waals surface area contributed by atoms with Gasteiger partial charge in [0.15, 0.2) is 27.2 Å². The molecule has 9 heteroatoms. The van der Waals surface area contributed by atoms with Crippen LogP contribution in [0.15, 0.2) is 29.2 Å². The number of benzene rings is 1. The molecule has 0 aliphatic carbocycles. The third kappa shape index (κ3) is 4.29. The Kier molecular flexibility index (Phi) is 5.50. The Morgan fingerprint density at radius 1 is 1.23 bits per heavy atom. The molecule has 0 spiro atoms. The fourth-order valence-corrected chi connectivity index (χ4v) is 3.02. The molecule has 8 nitrogen and oxygen atoms in total. The number of nitrogens with two attached hydrogens (primary N) is 1. The molecule has 140 valence electrons. The van der Waals surface area contributed by atoms with Gasteiger partial charge < -0.3 is 16.0 Å². The summed E-state index contributed by atoms with van der Waals surface area (Å²) in [4.78, 5) is 22.7. The van der Waals surface area contributed by atoms with Crippen LogP contribution in [0.4, 0.5) is 17.3 Å². The minimum Gasteiger partial charge on any atom is -0.364 e. The van der Waals surface area contributed by atoms with E-state index in [2.05, 4.69) is 15.3 Å². The highest BCUT2D eigenvalue weighted by atomic mass is 32.2. The second-order valence-electron chi connectivity index (χ2n) is 6.47. The molecule has 1 aromatic heterocycles. The number of nitrogens with one attached hydrogen (secondary N) is 1. The summed E-state index contributed by atoms with van der Waals surface area (Å²) in [6, 6.07) is 6.24. The van der Waals surface area contributed by atoms with Gasteiger partial charge >= 0.3 is 0 Å². The Morgan fingerprint density at radius 3 is 2.38 bits per heavy atom. The van der Waals surface area contributed by atoms with Crippen molar-refractivity contribution in [3.63, 3.8) is 0 Å². The van der Waals surface area contributed by atoms with E-state index in [-0.39, 0.29) is 22.3 Å². The van der Waals surface area contributed by atoms with Crippen molar-refractivity contribution in [1.82, 2.24) is 9.97 Å². The van der Waals surface area contributed by atoms with Gasteiger partial charge in [-0.05, 0) is 24.1 Å². The van der Waals surface area contributed by atoms with Crippen LogP contribution in [0.25, 0.3) is 0 Å². The molecule has 0 radical (unpaired) electrons. The number of primary amides is 1. The standard InChI is InChI=1S/C17H23N5O3S/c1-10(2)13-17(22(3)4)21-16(14(20-13)15(18)23)19-11-7-6-8-12(9-11)26(5,24)25/h6-10H,1-5H3,(H2,18,23)(H,19,21). The number of rotatable bonds is 6. The third-order valence-electron chi connectivity index (χ3n) is 3.63. The molecule has 3 N–H and O–H groups in total. The van der Waals surface area contributed by atoms with Crippen LogP contribution in [-0.2, 0) is 9.84 Å².